The first kappa shape index (κ1) is 11.9. The Morgan fingerprint density at radius 1 is 1.31 bits per heavy atom. The molecule has 0 spiro atoms. The van der Waals surface area contributed by atoms with Crippen molar-refractivity contribution in [1.82, 2.24) is 4.90 Å². The van der Waals surface area contributed by atoms with Crippen molar-refractivity contribution in [2.24, 2.45) is 0 Å². The third-order valence-corrected chi connectivity index (χ3v) is 4.42. The van der Waals surface area contributed by atoms with Crippen LogP contribution in [0.1, 0.15) is 35.9 Å². The van der Waals surface area contributed by atoms with E-state index in [0.29, 0.717) is 0 Å². The first-order valence-corrected chi connectivity index (χ1v) is 7.07. The Morgan fingerprint density at radius 2 is 2.00 bits per heavy atom. The number of carbonyl (C=O) groups excluding carboxylic acids is 1. The minimum Gasteiger partial charge on any atom is -0.341 e. The Bertz CT molecular complexity index is 331. The SMILES string of the molecule is O=C(C(Cl)c1cccs1)N1CCCCCC1. The predicted octanol–water partition coefficient (Wildman–Crippen LogP) is 3.43. The van der Waals surface area contributed by atoms with E-state index in [-0.39, 0.29) is 5.91 Å². The molecule has 0 aromatic carbocycles. The number of nitrogens with zero attached hydrogens (tertiary/aromatic N) is 1. The van der Waals surface area contributed by atoms with Gasteiger partial charge >= 0.3 is 0 Å². The number of likely N-dealkylation sites (tertiary alicyclic amines) is 1. The minimum absolute atomic E-state index is 0.0750. The first-order valence-electron chi connectivity index (χ1n) is 5.75. The summed E-state index contributed by atoms with van der Waals surface area (Å²) in [6.45, 7) is 1.74. The van der Waals surface area contributed by atoms with E-state index in [2.05, 4.69) is 0 Å². The zero-order valence-electron chi connectivity index (χ0n) is 9.19. The van der Waals surface area contributed by atoms with Crippen LogP contribution in [0, 0.1) is 0 Å². The number of alkyl halides is 1. The summed E-state index contributed by atoms with van der Waals surface area (Å²) >= 11 is 7.75. The molecular formula is C12H16ClNOS. The van der Waals surface area contributed by atoms with E-state index in [0.717, 1.165) is 30.8 Å². The second kappa shape index (κ2) is 5.69. The van der Waals surface area contributed by atoms with Gasteiger partial charge in [-0.15, -0.1) is 22.9 Å². The molecule has 1 aromatic rings. The van der Waals surface area contributed by atoms with Crippen molar-refractivity contribution < 1.29 is 4.79 Å². The molecule has 4 heteroatoms. The third-order valence-electron chi connectivity index (χ3n) is 2.93. The highest BCUT2D eigenvalue weighted by atomic mass is 35.5. The van der Waals surface area contributed by atoms with Crippen LogP contribution in [0.4, 0.5) is 0 Å². The van der Waals surface area contributed by atoms with Crippen molar-refractivity contribution in [3.05, 3.63) is 22.4 Å². The van der Waals surface area contributed by atoms with Gasteiger partial charge in [-0.1, -0.05) is 18.9 Å². The number of halogens is 1. The maximum absolute atomic E-state index is 12.1. The van der Waals surface area contributed by atoms with Crippen LogP contribution >= 0.6 is 22.9 Å². The molecule has 1 atom stereocenters. The highest BCUT2D eigenvalue weighted by molar-refractivity contribution is 7.10. The lowest BCUT2D eigenvalue weighted by Gasteiger charge is -2.22. The number of amides is 1. The molecule has 1 unspecified atom stereocenters. The molecule has 2 rings (SSSR count). The van der Waals surface area contributed by atoms with E-state index in [9.17, 15) is 4.79 Å². The quantitative estimate of drug-likeness (QED) is 0.744. The van der Waals surface area contributed by atoms with Gasteiger partial charge in [0.05, 0.1) is 0 Å². The summed E-state index contributed by atoms with van der Waals surface area (Å²) in [5.74, 6) is 0.0750. The third kappa shape index (κ3) is 2.77. The maximum Gasteiger partial charge on any atom is 0.246 e. The highest BCUT2D eigenvalue weighted by Crippen LogP contribution is 2.27. The van der Waals surface area contributed by atoms with Crippen LogP contribution < -0.4 is 0 Å². The van der Waals surface area contributed by atoms with Gasteiger partial charge in [-0.25, -0.2) is 0 Å². The molecule has 16 heavy (non-hydrogen) atoms. The lowest BCUT2D eigenvalue weighted by molar-refractivity contribution is -0.130. The number of hydrogen-bond acceptors (Lipinski definition) is 2. The molecule has 1 fully saturated rings. The molecular weight excluding hydrogens is 242 g/mol. The van der Waals surface area contributed by atoms with Crippen LogP contribution in [0.25, 0.3) is 0 Å². The lowest BCUT2D eigenvalue weighted by Crippen LogP contribution is -2.34. The van der Waals surface area contributed by atoms with Crippen LogP contribution in [0.5, 0.6) is 0 Å². The van der Waals surface area contributed by atoms with E-state index >= 15 is 0 Å². The van der Waals surface area contributed by atoms with Gasteiger partial charge in [-0.2, -0.15) is 0 Å². The maximum atomic E-state index is 12.1. The fourth-order valence-electron chi connectivity index (χ4n) is 2.01. The van der Waals surface area contributed by atoms with Gasteiger partial charge in [-0.05, 0) is 24.3 Å². The van der Waals surface area contributed by atoms with Gasteiger partial charge in [0, 0.05) is 18.0 Å². The van der Waals surface area contributed by atoms with E-state index in [4.69, 9.17) is 11.6 Å². The number of thiophene rings is 1. The smallest absolute Gasteiger partial charge is 0.246 e. The average Bonchev–Trinajstić information content (AvgIpc) is 2.70. The standard InChI is InChI=1S/C12H16ClNOS/c13-11(10-6-5-9-16-10)12(15)14-7-3-1-2-4-8-14/h5-6,9,11H,1-4,7-8H2. The number of rotatable bonds is 2. The van der Waals surface area contributed by atoms with Crippen molar-refractivity contribution in [3.63, 3.8) is 0 Å². The second-order valence-electron chi connectivity index (χ2n) is 4.12. The van der Waals surface area contributed by atoms with Crippen molar-refractivity contribution in [2.75, 3.05) is 13.1 Å². The topological polar surface area (TPSA) is 20.3 Å². The van der Waals surface area contributed by atoms with Gasteiger partial charge in [0.25, 0.3) is 0 Å². The molecule has 0 saturated carbocycles. The zero-order valence-corrected chi connectivity index (χ0v) is 10.8. The van der Waals surface area contributed by atoms with Crippen LogP contribution in [0.15, 0.2) is 17.5 Å². The van der Waals surface area contributed by atoms with Crippen molar-refractivity contribution >= 4 is 28.8 Å². The van der Waals surface area contributed by atoms with Crippen LogP contribution in [0.3, 0.4) is 0 Å². The molecule has 1 amide bonds. The van der Waals surface area contributed by atoms with E-state index in [1.54, 1.807) is 11.3 Å². The van der Waals surface area contributed by atoms with Crippen LogP contribution in [-0.4, -0.2) is 23.9 Å². The molecule has 0 N–H and O–H groups in total. The largest absolute Gasteiger partial charge is 0.341 e. The monoisotopic (exact) mass is 257 g/mol. The molecule has 1 saturated heterocycles. The minimum atomic E-state index is -0.488. The molecule has 1 aliphatic heterocycles. The molecule has 1 aliphatic rings. The van der Waals surface area contributed by atoms with E-state index in [1.165, 1.54) is 12.8 Å². The molecule has 1 aromatic heterocycles. The summed E-state index contributed by atoms with van der Waals surface area (Å²) in [6, 6.07) is 3.86. The van der Waals surface area contributed by atoms with Gasteiger partial charge in [0.2, 0.25) is 5.91 Å². The van der Waals surface area contributed by atoms with Crippen molar-refractivity contribution in [1.29, 1.82) is 0 Å². The summed E-state index contributed by atoms with van der Waals surface area (Å²) in [4.78, 5) is 15.0. The van der Waals surface area contributed by atoms with Crippen LogP contribution in [-0.2, 0) is 4.79 Å². The van der Waals surface area contributed by atoms with Gasteiger partial charge in [0.1, 0.15) is 5.38 Å². The second-order valence-corrected chi connectivity index (χ2v) is 5.53. The Labute approximate surface area is 105 Å². The zero-order chi connectivity index (χ0) is 11.4. The average molecular weight is 258 g/mol. The lowest BCUT2D eigenvalue weighted by atomic mass is 10.2. The van der Waals surface area contributed by atoms with E-state index in [1.807, 2.05) is 22.4 Å². The number of carbonyl (C=O) groups is 1. The Morgan fingerprint density at radius 3 is 2.56 bits per heavy atom. The number of hydrogen-bond donors (Lipinski definition) is 0. The molecule has 0 bridgehead atoms. The van der Waals surface area contributed by atoms with E-state index < -0.39 is 5.38 Å². The predicted molar refractivity (Wildman–Crippen MR) is 68.0 cm³/mol. The van der Waals surface area contributed by atoms with Gasteiger partial charge in [0.15, 0.2) is 0 Å². The molecule has 88 valence electrons. The highest BCUT2D eigenvalue weighted by Gasteiger charge is 2.24. The summed E-state index contributed by atoms with van der Waals surface area (Å²) in [6.07, 6.45) is 4.69. The summed E-state index contributed by atoms with van der Waals surface area (Å²) in [5, 5.41) is 1.47. The van der Waals surface area contributed by atoms with Gasteiger partial charge < -0.3 is 4.90 Å². The fraction of sp³-hybridized carbons (Fsp3) is 0.583. The summed E-state index contributed by atoms with van der Waals surface area (Å²) in [5.41, 5.74) is 0. The Balaban J connectivity index is 2.00. The van der Waals surface area contributed by atoms with Crippen LogP contribution in [0.2, 0.25) is 0 Å². The molecule has 0 radical (unpaired) electrons. The van der Waals surface area contributed by atoms with Crippen molar-refractivity contribution in [2.45, 2.75) is 31.1 Å². The Hall–Kier alpha value is -0.540. The summed E-state index contributed by atoms with van der Waals surface area (Å²) < 4.78 is 0. The Kier molecular flexibility index (Phi) is 4.24. The summed E-state index contributed by atoms with van der Waals surface area (Å²) in [7, 11) is 0. The first-order chi connectivity index (χ1) is 7.79. The normalized spacial score (nSPS) is 19.2. The molecule has 2 heterocycles. The fourth-order valence-corrected chi connectivity index (χ4v) is 3.07. The van der Waals surface area contributed by atoms with Gasteiger partial charge in [-0.3, -0.25) is 4.79 Å². The molecule has 2 nitrogen and oxygen atoms in total. The molecule has 0 aliphatic carbocycles. The van der Waals surface area contributed by atoms with Crippen molar-refractivity contribution in [3.8, 4) is 0 Å².